The van der Waals surface area contributed by atoms with Crippen LogP contribution in [0.2, 0.25) is 0 Å². The molecule has 2 aliphatic carbocycles. The summed E-state index contributed by atoms with van der Waals surface area (Å²) in [6, 6.07) is 0. The molecule has 2 aliphatic rings. The van der Waals surface area contributed by atoms with Gasteiger partial charge in [0.2, 0.25) is 5.92 Å². The Balaban J connectivity index is -0.000000234. The minimum Gasteiger partial charge on any atom is -0.481 e. The van der Waals surface area contributed by atoms with Crippen molar-refractivity contribution >= 4 is 48.7 Å². The predicted molar refractivity (Wildman–Crippen MR) is 169 cm³/mol. The van der Waals surface area contributed by atoms with Gasteiger partial charge in [-0.05, 0) is 50.4 Å². The van der Waals surface area contributed by atoms with E-state index in [0.717, 1.165) is 32.1 Å². The first kappa shape index (κ1) is 49.4. The number of hydrogen-bond donors (Lipinski definition) is 5. The quantitative estimate of drug-likeness (QED) is 0.107. The third kappa shape index (κ3) is 28.7. The van der Waals surface area contributed by atoms with E-state index in [2.05, 4.69) is 13.5 Å². The standard InChI is InChI=1S/C7H10F2O2.C7H14O2.C6H10O2.C6H12O2.C6H10O2.Li/c8-7(9)3-1-5(2-4-7)6(10)11;1-3-4-5-6(2)7(8)9;1-4(6(7)8)5-2-3-5;1-4(2)5(3)6(7)8;1-3-4-5(2)6(7)8;/h5H,1-4H2,(H,10,11);6H,3-5H2,1-2H3,(H,8,9);4-5H,2-3H2,1H3,(H,7,8);4-5H,1-3H3,(H,7,8);3,5H,1,4H2,2H3,(H,7,8);. The minimum absolute atomic E-state index is 0. The van der Waals surface area contributed by atoms with Crippen LogP contribution in [-0.4, -0.2) is 80.2 Å². The van der Waals surface area contributed by atoms with E-state index < -0.39 is 41.7 Å². The summed E-state index contributed by atoms with van der Waals surface area (Å²) in [4.78, 5) is 50.9. The van der Waals surface area contributed by atoms with Gasteiger partial charge < -0.3 is 25.5 Å². The second-order valence-electron chi connectivity index (χ2n) is 11.9. The van der Waals surface area contributed by atoms with Gasteiger partial charge in [0.25, 0.3) is 0 Å². The Labute approximate surface area is 279 Å². The van der Waals surface area contributed by atoms with Crippen molar-refractivity contribution in [1.29, 1.82) is 0 Å². The maximum atomic E-state index is 12.4. The Morgan fingerprint density at radius 3 is 1.42 bits per heavy atom. The van der Waals surface area contributed by atoms with Crippen molar-refractivity contribution in [1.82, 2.24) is 0 Å². The number of alkyl halides is 2. The molecule has 259 valence electrons. The van der Waals surface area contributed by atoms with Crippen LogP contribution < -0.4 is 0 Å². The third-order valence-corrected chi connectivity index (χ3v) is 7.53. The van der Waals surface area contributed by atoms with E-state index in [-0.39, 0.29) is 74.1 Å². The maximum absolute atomic E-state index is 12.4. The van der Waals surface area contributed by atoms with Gasteiger partial charge in [-0.15, -0.1) is 6.58 Å². The molecule has 0 aromatic carbocycles. The second kappa shape index (κ2) is 26.7. The number of aliphatic carboxylic acids is 5. The first-order chi connectivity index (χ1) is 20.1. The van der Waals surface area contributed by atoms with Crippen LogP contribution in [-0.2, 0) is 24.0 Å². The Bertz CT molecular complexity index is 850. The third-order valence-electron chi connectivity index (χ3n) is 7.53. The van der Waals surface area contributed by atoms with Crippen LogP contribution in [0.4, 0.5) is 8.78 Å². The molecule has 2 saturated carbocycles. The molecular formula is C32H56F2LiO10. The zero-order valence-corrected chi connectivity index (χ0v) is 28.4. The summed E-state index contributed by atoms with van der Waals surface area (Å²) < 4.78 is 24.9. The molecule has 1 radical (unpaired) electrons. The smallest absolute Gasteiger partial charge is 0.306 e. The Morgan fingerprint density at radius 1 is 0.778 bits per heavy atom. The van der Waals surface area contributed by atoms with Crippen LogP contribution in [0.3, 0.4) is 0 Å². The van der Waals surface area contributed by atoms with Gasteiger partial charge in [0.15, 0.2) is 0 Å². The second-order valence-corrected chi connectivity index (χ2v) is 11.9. The maximum Gasteiger partial charge on any atom is 0.306 e. The van der Waals surface area contributed by atoms with Crippen LogP contribution >= 0.6 is 0 Å². The molecule has 0 heterocycles. The monoisotopic (exact) mass is 645 g/mol. The molecular weight excluding hydrogens is 589 g/mol. The first-order valence-corrected chi connectivity index (χ1v) is 15.3. The Hall–Kier alpha value is -2.45. The van der Waals surface area contributed by atoms with E-state index in [9.17, 15) is 32.8 Å². The number of hydrogen-bond acceptors (Lipinski definition) is 5. The Kier molecular flexibility index (Phi) is 29.4. The van der Waals surface area contributed by atoms with Crippen LogP contribution in [0, 0.1) is 41.4 Å². The molecule has 10 nitrogen and oxygen atoms in total. The van der Waals surface area contributed by atoms with E-state index in [0.29, 0.717) is 12.3 Å². The molecule has 2 rings (SSSR count). The number of halogens is 2. The summed E-state index contributed by atoms with van der Waals surface area (Å²) in [7, 11) is 0. The van der Waals surface area contributed by atoms with Gasteiger partial charge in [0, 0.05) is 31.7 Å². The average Bonchev–Trinajstić information content (AvgIpc) is 3.77. The first-order valence-electron chi connectivity index (χ1n) is 15.3. The molecule has 13 heteroatoms. The van der Waals surface area contributed by atoms with Gasteiger partial charge >= 0.3 is 29.8 Å². The van der Waals surface area contributed by atoms with Crippen LogP contribution in [0.1, 0.15) is 113 Å². The van der Waals surface area contributed by atoms with Crippen molar-refractivity contribution in [3.8, 4) is 0 Å². The molecule has 0 aromatic heterocycles. The topological polar surface area (TPSA) is 186 Å². The molecule has 0 aromatic rings. The minimum atomic E-state index is -2.62. The van der Waals surface area contributed by atoms with Gasteiger partial charge in [-0.2, -0.15) is 0 Å². The number of carbonyl (C=O) groups is 5. The fourth-order valence-corrected chi connectivity index (χ4v) is 3.35. The Morgan fingerprint density at radius 2 is 1.22 bits per heavy atom. The van der Waals surface area contributed by atoms with Gasteiger partial charge in [-0.3, -0.25) is 24.0 Å². The van der Waals surface area contributed by atoms with Crippen LogP contribution in [0.5, 0.6) is 0 Å². The number of allylic oxidation sites excluding steroid dienone is 1. The van der Waals surface area contributed by atoms with Gasteiger partial charge in [-0.1, -0.05) is 67.4 Å². The van der Waals surface area contributed by atoms with Crippen LogP contribution in [0.15, 0.2) is 12.7 Å². The summed E-state index contributed by atoms with van der Waals surface area (Å²) in [6.45, 7) is 16.2. The van der Waals surface area contributed by atoms with Gasteiger partial charge in [-0.25, -0.2) is 8.78 Å². The zero-order valence-electron chi connectivity index (χ0n) is 28.4. The molecule has 5 N–H and O–H groups in total. The summed E-state index contributed by atoms with van der Waals surface area (Å²) >= 11 is 0. The fourth-order valence-electron chi connectivity index (χ4n) is 3.35. The molecule has 4 atom stereocenters. The van der Waals surface area contributed by atoms with Crippen molar-refractivity contribution in [3.05, 3.63) is 12.7 Å². The number of rotatable bonds is 12. The van der Waals surface area contributed by atoms with E-state index >= 15 is 0 Å². The molecule has 0 saturated heterocycles. The summed E-state index contributed by atoms with van der Waals surface area (Å²) in [5.41, 5.74) is 0. The number of carboxylic acid groups (broad SMARTS) is 5. The van der Waals surface area contributed by atoms with Crippen molar-refractivity contribution in [2.24, 2.45) is 41.4 Å². The SMILES string of the molecule is C=CCC(C)C(=O)O.CC(C(=O)O)C1CC1.CC(C)C(C)C(=O)O.CCCCC(C)C(=O)O.O=C(O)C1CCC(F)(F)CC1.[Li]. The summed E-state index contributed by atoms with van der Waals surface area (Å²) in [5.74, 6) is -6.93. The van der Waals surface area contributed by atoms with E-state index in [1.165, 1.54) is 0 Å². The number of carboxylic acids is 5. The summed E-state index contributed by atoms with van der Waals surface area (Å²) in [5, 5.41) is 41.9. The largest absolute Gasteiger partial charge is 0.481 e. The van der Waals surface area contributed by atoms with Gasteiger partial charge in [0.05, 0.1) is 29.6 Å². The van der Waals surface area contributed by atoms with Crippen molar-refractivity contribution in [2.45, 2.75) is 119 Å². The summed E-state index contributed by atoms with van der Waals surface area (Å²) in [6.07, 6.45) is 6.99. The van der Waals surface area contributed by atoms with E-state index in [4.69, 9.17) is 25.5 Å². The molecule has 0 aliphatic heterocycles. The predicted octanol–water partition coefficient (Wildman–Crippen LogP) is 7.18. The van der Waals surface area contributed by atoms with Crippen molar-refractivity contribution < 1.29 is 58.3 Å². The van der Waals surface area contributed by atoms with E-state index in [1.807, 2.05) is 13.8 Å². The molecule has 4 unspecified atom stereocenters. The van der Waals surface area contributed by atoms with Gasteiger partial charge in [0.1, 0.15) is 0 Å². The normalized spacial score (nSPS) is 17.5. The zero-order chi connectivity index (χ0) is 35.2. The fraction of sp³-hybridized carbons (Fsp3) is 0.781. The molecule has 0 amide bonds. The molecule has 2 fully saturated rings. The molecule has 45 heavy (non-hydrogen) atoms. The van der Waals surface area contributed by atoms with E-state index in [1.54, 1.807) is 33.8 Å². The molecule has 0 bridgehead atoms. The van der Waals surface area contributed by atoms with Crippen LogP contribution in [0.25, 0.3) is 0 Å². The average molecular weight is 646 g/mol. The number of unbranched alkanes of at least 4 members (excludes halogenated alkanes) is 1. The molecule has 0 spiro atoms. The van der Waals surface area contributed by atoms with Crippen molar-refractivity contribution in [2.75, 3.05) is 0 Å². The van der Waals surface area contributed by atoms with Crippen molar-refractivity contribution in [3.63, 3.8) is 0 Å².